The van der Waals surface area contributed by atoms with E-state index in [1.165, 1.54) is 5.56 Å². The van der Waals surface area contributed by atoms with Gasteiger partial charge in [0.15, 0.2) is 5.90 Å². The van der Waals surface area contributed by atoms with Gasteiger partial charge in [0.1, 0.15) is 0 Å². The van der Waals surface area contributed by atoms with E-state index in [-0.39, 0.29) is 0 Å². The van der Waals surface area contributed by atoms with Gasteiger partial charge in [-0.05, 0) is 31.0 Å². The van der Waals surface area contributed by atoms with Crippen LogP contribution >= 0.6 is 23.2 Å². The predicted molar refractivity (Wildman–Crippen MR) is 72.4 cm³/mol. The van der Waals surface area contributed by atoms with Gasteiger partial charge >= 0.3 is 0 Å². The van der Waals surface area contributed by atoms with Gasteiger partial charge in [0.2, 0.25) is 0 Å². The Hall–Kier alpha value is -0.730. The van der Waals surface area contributed by atoms with E-state index in [0.29, 0.717) is 22.6 Å². The van der Waals surface area contributed by atoms with Gasteiger partial charge in [-0.3, -0.25) is 4.99 Å². The molecule has 0 aliphatic carbocycles. The third-order valence-electron chi connectivity index (χ3n) is 2.92. The molecule has 1 aromatic carbocycles. The zero-order valence-electron chi connectivity index (χ0n) is 9.75. The Balaban J connectivity index is 2.07. The van der Waals surface area contributed by atoms with Gasteiger partial charge in [0, 0.05) is 18.9 Å². The first-order chi connectivity index (χ1) is 8.20. The molecule has 1 aliphatic heterocycles. The van der Waals surface area contributed by atoms with Crippen LogP contribution in [0.1, 0.15) is 31.2 Å². The molecule has 1 aliphatic rings. The van der Waals surface area contributed by atoms with Crippen molar-refractivity contribution in [3.63, 3.8) is 0 Å². The summed E-state index contributed by atoms with van der Waals surface area (Å²) in [5.74, 6) is 1.30. The molecule has 0 spiro atoms. The second-order valence-corrected chi connectivity index (χ2v) is 4.89. The monoisotopic (exact) mass is 271 g/mol. The number of rotatable bonds is 2. The van der Waals surface area contributed by atoms with Crippen molar-refractivity contribution in [1.82, 2.24) is 0 Å². The molecule has 0 radical (unpaired) electrons. The number of hydrogen-bond acceptors (Lipinski definition) is 2. The van der Waals surface area contributed by atoms with Gasteiger partial charge < -0.3 is 4.74 Å². The van der Waals surface area contributed by atoms with Crippen molar-refractivity contribution in [3.05, 3.63) is 33.8 Å². The summed E-state index contributed by atoms with van der Waals surface area (Å²) in [4.78, 5) is 4.45. The van der Waals surface area contributed by atoms with Crippen molar-refractivity contribution in [2.75, 3.05) is 13.2 Å². The van der Waals surface area contributed by atoms with E-state index in [2.05, 4.69) is 4.99 Å². The molecule has 0 unspecified atom stereocenters. The molecular formula is C13H15Cl2NO. The summed E-state index contributed by atoms with van der Waals surface area (Å²) in [5, 5.41) is 1.22. The smallest absolute Gasteiger partial charge is 0.183 e. The number of ether oxygens (including phenoxy) is 1. The first-order valence-electron chi connectivity index (χ1n) is 5.81. The Morgan fingerprint density at radius 2 is 2.18 bits per heavy atom. The summed E-state index contributed by atoms with van der Waals surface area (Å²) >= 11 is 11.9. The normalized spacial score (nSPS) is 19.9. The Morgan fingerprint density at radius 1 is 1.35 bits per heavy atom. The molecular weight excluding hydrogens is 257 g/mol. The van der Waals surface area contributed by atoms with Crippen LogP contribution in [0.4, 0.5) is 0 Å². The van der Waals surface area contributed by atoms with Crippen molar-refractivity contribution in [2.45, 2.75) is 25.7 Å². The third-order valence-corrected chi connectivity index (χ3v) is 3.66. The highest BCUT2D eigenvalue weighted by Gasteiger charge is 2.18. The fourth-order valence-corrected chi connectivity index (χ4v) is 2.31. The van der Waals surface area contributed by atoms with Crippen LogP contribution in [0, 0.1) is 0 Å². The molecule has 0 saturated carbocycles. The summed E-state index contributed by atoms with van der Waals surface area (Å²) < 4.78 is 5.41. The highest BCUT2D eigenvalue weighted by atomic mass is 35.5. The van der Waals surface area contributed by atoms with E-state index in [1.807, 2.05) is 25.1 Å². The SMILES string of the molecule is CCOC1=NC[C@H](c2ccc(Cl)c(Cl)c2)CC1. The van der Waals surface area contributed by atoms with Crippen LogP contribution < -0.4 is 0 Å². The maximum atomic E-state index is 6.02. The van der Waals surface area contributed by atoms with Gasteiger partial charge in [-0.2, -0.15) is 0 Å². The van der Waals surface area contributed by atoms with E-state index in [0.717, 1.165) is 25.3 Å². The number of aliphatic imine (C=N–C) groups is 1. The van der Waals surface area contributed by atoms with E-state index < -0.39 is 0 Å². The lowest BCUT2D eigenvalue weighted by Gasteiger charge is -2.21. The van der Waals surface area contributed by atoms with E-state index in [4.69, 9.17) is 27.9 Å². The van der Waals surface area contributed by atoms with Gasteiger partial charge in [-0.1, -0.05) is 29.3 Å². The van der Waals surface area contributed by atoms with Gasteiger partial charge in [-0.25, -0.2) is 0 Å². The zero-order valence-corrected chi connectivity index (χ0v) is 11.3. The van der Waals surface area contributed by atoms with Crippen LogP contribution in [-0.2, 0) is 4.74 Å². The van der Waals surface area contributed by atoms with E-state index in [1.54, 1.807) is 0 Å². The van der Waals surface area contributed by atoms with Gasteiger partial charge in [0.25, 0.3) is 0 Å². The molecule has 2 rings (SSSR count). The molecule has 0 aromatic heterocycles. The van der Waals surface area contributed by atoms with E-state index >= 15 is 0 Å². The molecule has 0 amide bonds. The molecule has 17 heavy (non-hydrogen) atoms. The average molecular weight is 272 g/mol. The lowest BCUT2D eigenvalue weighted by atomic mass is 9.92. The van der Waals surface area contributed by atoms with Crippen LogP contribution in [0.3, 0.4) is 0 Å². The quantitative estimate of drug-likeness (QED) is 0.786. The minimum Gasteiger partial charge on any atom is -0.481 e. The summed E-state index contributed by atoms with van der Waals surface area (Å²) in [6, 6.07) is 5.82. The number of benzene rings is 1. The summed E-state index contributed by atoms with van der Waals surface area (Å²) in [6.07, 6.45) is 1.95. The first-order valence-corrected chi connectivity index (χ1v) is 6.57. The third kappa shape index (κ3) is 3.14. The molecule has 1 heterocycles. The highest BCUT2D eigenvalue weighted by molar-refractivity contribution is 6.42. The van der Waals surface area contributed by atoms with Gasteiger partial charge in [0.05, 0.1) is 16.7 Å². The van der Waals surface area contributed by atoms with Crippen LogP contribution in [0.25, 0.3) is 0 Å². The van der Waals surface area contributed by atoms with Crippen molar-refractivity contribution in [1.29, 1.82) is 0 Å². The summed E-state index contributed by atoms with van der Waals surface area (Å²) in [5.41, 5.74) is 1.21. The summed E-state index contributed by atoms with van der Waals surface area (Å²) in [6.45, 7) is 3.44. The lowest BCUT2D eigenvalue weighted by Crippen LogP contribution is -2.16. The fraction of sp³-hybridized carbons (Fsp3) is 0.462. The molecule has 1 aromatic rings. The minimum atomic E-state index is 0.425. The van der Waals surface area contributed by atoms with Crippen molar-refractivity contribution in [2.24, 2.45) is 4.99 Å². The van der Waals surface area contributed by atoms with Crippen molar-refractivity contribution < 1.29 is 4.74 Å². The number of hydrogen-bond donors (Lipinski definition) is 0. The van der Waals surface area contributed by atoms with Crippen LogP contribution in [0.2, 0.25) is 10.0 Å². The molecule has 92 valence electrons. The zero-order chi connectivity index (χ0) is 12.3. The minimum absolute atomic E-state index is 0.425. The molecule has 2 nitrogen and oxygen atoms in total. The number of nitrogens with zero attached hydrogens (tertiary/aromatic N) is 1. The molecule has 4 heteroatoms. The van der Waals surface area contributed by atoms with Crippen LogP contribution in [0.15, 0.2) is 23.2 Å². The standard InChI is InChI=1S/C13H15Cl2NO/c1-2-17-13-6-4-10(8-16-13)9-3-5-11(14)12(15)7-9/h3,5,7,10H,2,4,6,8H2,1H3/t10-/m1/s1. The molecule has 1 atom stereocenters. The number of halogens is 2. The van der Waals surface area contributed by atoms with E-state index in [9.17, 15) is 0 Å². The second kappa shape index (κ2) is 5.74. The maximum absolute atomic E-state index is 6.02. The fourth-order valence-electron chi connectivity index (χ4n) is 2.00. The second-order valence-electron chi connectivity index (χ2n) is 4.08. The summed E-state index contributed by atoms with van der Waals surface area (Å²) in [7, 11) is 0. The lowest BCUT2D eigenvalue weighted by molar-refractivity contribution is 0.307. The average Bonchev–Trinajstić information content (AvgIpc) is 2.34. The molecule has 0 saturated heterocycles. The Bertz CT molecular complexity index is 431. The molecule has 0 fully saturated rings. The Labute approximate surface area is 112 Å². The Morgan fingerprint density at radius 3 is 2.76 bits per heavy atom. The first kappa shape index (κ1) is 12.7. The highest BCUT2D eigenvalue weighted by Crippen LogP contribution is 2.30. The molecule has 0 bridgehead atoms. The van der Waals surface area contributed by atoms with Crippen molar-refractivity contribution >= 4 is 29.1 Å². The van der Waals surface area contributed by atoms with Crippen molar-refractivity contribution in [3.8, 4) is 0 Å². The predicted octanol–water partition coefficient (Wildman–Crippen LogP) is 4.31. The topological polar surface area (TPSA) is 21.6 Å². The maximum Gasteiger partial charge on any atom is 0.183 e. The van der Waals surface area contributed by atoms with Gasteiger partial charge in [-0.15, -0.1) is 0 Å². The molecule has 0 N–H and O–H groups in total. The van der Waals surface area contributed by atoms with Crippen LogP contribution in [0.5, 0.6) is 0 Å². The largest absolute Gasteiger partial charge is 0.481 e. The van der Waals surface area contributed by atoms with Crippen LogP contribution in [-0.4, -0.2) is 19.0 Å². The Kier molecular flexibility index (Phi) is 4.30.